The van der Waals surface area contributed by atoms with Crippen LogP contribution in [0.1, 0.15) is 89.5 Å². The van der Waals surface area contributed by atoms with Crippen molar-refractivity contribution in [2.75, 3.05) is 26.4 Å². The number of benzene rings is 2. The van der Waals surface area contributed by atoms with Crippen LogP contribution in [0.15, 0.2) is 48.5 Å². The Hall–Kier alpha value is -3.68. The van der Waals surface area contributed by atoms with Crippen molar-refractivity contribution in [3.05, 3.63) is 70.8 Å². The maximum Gasteiger partial charge on any atom is 0.320 e. The SMILES string of the molecule is CCOC(=O)C(C(=O)OCC)[C@@H](c1ccc(CC(C)C)cc1)[C@H](c1ccc(CC(C)C)cc1)C(C(=O)OCC)C(=O)OCC. The lowest BCUT2D eigenvalue weighted by molar-refractivity contribution is -0.169. The first-order chi connectivity index (χ1) is 21.0. The number of hydrogen-bond donors (Lipinski definition) is 0. The van der Waals surface area contributed by atoms with E-state index in [0.29, 0.717) is 23.0 Å². The number of ether oxygens (including phenoxy) is 4. The molecule has 0 bridgehead atoms. The maximum absolute atomic E-state index is 13.7. The summed E-state index contributed by atoms with van der Waals surface area (Å²) in [6.07, 6.45) is 1.66. The minimum absolute atomic E-state index is 0.0303. The van der Waals surface area contributed by atoms with E-state index in [0.717, 1.165) is 24.0 Å². The van der Waals surface area contributed by atoms with Crippen LogP contribution < -0.4 is 0 Å². The van der Waals surface area contributed by atoms with Crippen LogP contribution in [0.25, 0.3) is 0 Å². The quantitative estimate of drug-likeness (QED) is 0.115. The summed E-state index contributed by atoms with van der Waals surface area (Å²) in [7, 11) is 0. The average molecular weight is 611 g/mol. The Morgan fingerprint density at radius 3 is 0.932 bits per heavy atom. The molecule has 0 amide bonds. The Morgan fingerprint density at radius 2 is 0.727 bits per heavy atom. The third-order valence-corrected chi connectivity index (χ3v) is 7.28. The van der Waals surface area contributed by atoms with Crippen LogP contribution >= 0.6 is 0 Å². The maximum atomic E-state index is 13.7. The number of hydrogen-bond acceptors (Lipinski definition) is 8. The minimum Gasteiger partial charge on any atom is -0.465 e. The molecular formula is C36H50O8. The molecule has 0 unspecified atom stereocenters. The van der Waals surface area contributed by atoms with Gasteiger partial charge in [-0.3, -0.25) is 19.2 Å². The lowest BCUT2D eigenvalue weighted by Crippen LogP contribution is -2.42. The summed E-state index contributed by atoms with van der Waals surface area (Å²) in [5.41, 5.74) is 3.32. The van der Waals surface area contributed by atoms with Crippen molar-refractivity contribution in [3.8, 4) is 0 Å². The predicted octanol–water partition coefficient (Wildman–Crippen LogP) is 6.44. The molecule has 2 aromatic rings. The Bertz CT molecular complexity index is 1070. The van der Waals surface area contributed by atoms with Gasteiger partial charge in [-0.15, -0.1) is 0 Å². The van der Waals surface area contributed by atoms with E-state index in [9.17, 15) is 19.2 Å². The second kappa shape index (κ2) is 18.2. The van der Waals surface area contributed by atoms with Gasteiger partial charge in [-0.2, -0.15) is 0 Å². The van der Waals surface area contributed by atoms with Gasteiger partial charge in [0.1, 0.15) is 0 Å². The van der Waals surface area contributed by atoms with E-state index in [2.05, 4.69) is 27.7 Å². The summed E-state index contributed by atoms with van der Waals surface area (Å²) in [6, 6.07) is 15.2. The summed E-state index contributed by atoms with van der Waals surface area (Å²) in [5, 5.41) is 0. The molecule has 0 spiro atoms. The number of carbonyl (C=O) groups excluding carboxylic acids is 4. The Kier molecular flexibility index (Phi) is 15.1. The highest BCUT2D eigenvalue weighted by Gasteiger charge is 2.50. The molecule has 0 radical (unpaired) electrons. The fourth-order valence-corrected chi connectivity index (χ4v) is 5.62. The molecule has 44 heavy (non-hydrogen) atoms. The monoisotopic (exact) mass is 610 g/mol. The molecule has 0 aliphatic carbocycles. The Labute approximate surface area is 262 Å². The van der Waals surface area contributed by atoms with E-state index in [1.54, 1.807) is 27.7 Å². The van der Waals surface area contributed by atoms with E-state index < -0.39 is 47.5 Å². The van der Waals surface area contributed by atoms with Crippen LogP contribution in [0.3, 0.4) is 0 Å². The van der Waals surface area contributed by atoms with Gasteiger partial charge in [0.2, 0.25) is 0 Å². The van der Waals surface area contributed by atoms with Crippen molar-refractivity contribution in [2.45, 2.75) is 80.1 Å². The topological polar surface area (TPSA) is 105 Å². The first kappa shape index (κ1) is 36.5. The summed E-state index contributed by atoms with van der Waals surface area (Å²) in [5.74, 6) is -7.37. The second-order valence-corrected chi connectivity index (χ2v) is 11.7. The van der Waals surface area contributed by atoms with Gasteiger partial charge in [-0.1, -0.05) is 76.2 Å². The van der Waals surface area contributed by atoms with Gasteiger partial charge < -0.3 is 18.9 Å². The van der Waals surface area contributed by atoms with Crippen molar-refractivity contribution < 1.29 is 38.1 Å². The van der Waals surface area contributed by atoms with Gasteiger partial charge in [-0.25, -0.2) is 0 Å². The van der Waals surface area contributed by atoms with Gasteiger partial charge >= 0.3 is 23.9 Å². The molecule has 0 aromatic heterocycles. The lowest BCUT2D eigenvalue weighted by atomic mass is 9.68. The number of esters is 4. The zero-order valence-corrected chi connectivity index (χ0v) is 27.6. The number of carbonyl (C=O) groups is 4. The molecule has 2 atom stereocenters. The van der Waals surface area contributed by atoms with Crippen LogP contribution in [0.4, 0.5) is 0 Å². The number of rotatable bonds is 17. The molecule has 0 fully saturated rings. The van der Waals surface area contributed by atoms with Crippen molar-refractivity contribution in [2.24, 2.45) is 23.7 Å². The predicted molar refractivity (Wildman–Crippen MR) is 169 cm³/mol. The van der Waals surface area contributed by atoms with Crippen LogP contribution in [0, 0.1) is 23.7 Å². The van der Waals surface area contributed by atoms with Crippen molar-refractivity contribution in [1.29, 1.82) is 0 Å². The zero-order valence-electron chi connectivity index (χ0n) is 27.6. The Morgan fingerprint density at radius 1 is 0.477 bits per heavy atom. The van der Waals surface area contributed by atoms with Crippen LogP contribution in [-0.4, -0.2) is 50.3 Å². The van der Waals surface area contributed by atoms with Crippen LogP contribution in [-0.2, 0) is 51.0 Å². The molecule has 0 saturated heterocycles. The third kappa shape index (κ3) is 10.2. The van der Waals surface area contributed by atoms with E-state index >= 15 is 0 Å². The Balaban J connectivity index is 2.97. The van der Waals surface area contributed by atoms with Crippen molar-refractivity contribution >= 4 is 23.9 Å². The van der Waals surface area contributed by atoms with Crippen LogP contribution in [0.2, 0.25) is 0 Å². The normalized spacial score (nSPS) is 12.7. The van der Waals surface area contributed by atoms with Gasteiger partial charge in [0.15, 0.2) is 11.8 Å². The zero-order chi connectivity index (χ0) is 32.8. The molecule has 8 nitrogen and oxygen atoms in total. The molecule has 242 valence electrons. The summed E-state index contributed by atoms with van der Waals surface area (Å²) in [4.78, 5) is 54.6. The molecule has 2 rings (SSSR count). The fourth-order valence-electron chi connectivity index (χ4n) is 5.62. The molecule has 0 heterocycles. The standard InChI is InChI=1S/C36H50O8/c1-9-41-33(37)31(34(38)42-10-2)29(27-17-13-25(14-18-27)21-23(5)6)30(28-19-15-26(16-20-28)22-24(7)8)32(35(39)43-11-3)36(40)44-12-4/h13-20,23-24,29-32H,9-12,21-22H2,1-8H3/t29-,30-/m0/s1. The minimum atomic E-state index is -1.47. The average Bonchev–Trinajstić information content (AvgIpc) is 2.95. The lowest BCUT2D eigenvalue weighted by Gasteiger charge is -2.35. The summed E-state index contributed by atoms with van der Waals surface area (Å²) >= 11 is 0. The molecule has 0 N–H and O–H groups in total. The highest BCUT2D eigenvalue weighted by molar-refractivity contribution is 5.99. The molecule has 0 aliphatic heterocycles. The molecular weight excluding hydrogens is 560 g/mol. The van der Waals surface area contributed by atoms with Crippen LogP contribution in [0.5, 0.6) is 0 Å². The van der Waals surface area contributed by atoms with Crippen molar-refractivity contribution in [3.63, 3.8) is 0 Å². The largest absolute Gasteiger partial charge is 0.465 e. The second-order valence-electron chi connectivity index (χ2n) is 11.7. The third-order valence-electron chi connectivity index (χ3n) is 7.28. The van der Waals surface area contributed by atoms with Gasteiger partial charge in [-0.05, 0) is 74.6 Å². The first-order valence-corrected chi connectivity index (χ1v) is 15.8. The molecule has 0 aliphatic rings. The molecule has 2 aromatic carbocycles. The van der Waals surface area contributed by atoms with Gasteiger partial charge in [0, 0.05) is 11.8 Å². The highest BCUT2D eigenvalue weighted by Crippen LogP contribution is 2.46. The van der Waals surface area contributed by atoms with E-state index in [1.807, 2.05) is 48.5 Å². The summed E-state index contributed by atoms with van der Waals surface area (Å²) < 4.78 is 21.7. The summed E-state index contributed by atoms with van der Waals surface area (Å²) in [6.45, 7) is 15.2. The molecule has 0 saturated carbocycles. The highest BCUT2D eigenvalue weighted by atomic mass is 16.6. The van der Waals surface area contributed by atoms with Gasteiger partial charge in [0.05, 0.1) is 26.4 Å². The van der Waals surface area contributed by atoms with Crippen molar-refractivity contribution in [1.82, 2.24) is 0 Å². The fraction of sp³-hybridized carbons (Fsp3) is 0.556. The molecule has 8 heteroatoms. The van der Waals surface area contributed by atoms with Gasteiger partial charge in [0.25, 0.3) is 0 Å². The van der Waals surface area contributed by atoms with E-state index in [4.69, 9.17) is 18.9 Å². The van der Waals surface area contributed by atoms with E-state index in [-0.39, 0.29) is 26.4 Å². The van der Waals surface area contributed by atoms with E-state index in [1.165, 1.54) is 0 Å². The smallest absolute Gasteiger partial charge is 0.320 e. The first-order valence-electron chi connectivity index (χ1n) is 15.8.